The van der Waals surface area contributed by atoms with E-state index < -0.39 is 0 Å². The van der Waals surface area contributed by atoms with Crippen molar-refractivity contribution in [3.8, 4) is 11.5 Å². The number of aryl methyl sites for hydroxylation is 1. The smallest absolute Gasteiger partial charge is 0.161 e. The zero-order chi connectivity index (χ0) is 14.2. The Balaban J connectivity index is 2.02. The highest BCUT2D eigenvalue weighted by Gasteiger charge is 2.30. The molecule has 1 heterocycles. The predicted octanol–water partition coefficient (Wildman–Crippen LogP) is 3.47. The van der Waals surface area contributed by atoms with E-state index in [4.69, 9.17) is 9.47 Å². The molecule has 0 amide bonds. The lowest BCUT2D eigenvalue weighted by Crippen LogP contribution is -2.22. The average molecular weight is 275 g/mol. The molecule has 20 heavy (non-hydrogen) atoms. The van der Waals surface area contributed by atoms with Gasteiger partial charge in [0, 0.05) is 12.5 Å². The summed E-state index contributed by atoms with van der Waals surface area (Å²) in [6, 6.07) is 4.82. The Labute approximate surface area is 121 Å². The van der Waals surface area contributed by atoms with Gasteiger partial charge in [-0.2, -0.15) is 0 Å². The van der Waals surface area contributed by atoms with Gasteiger partial charge in [-0.15, -0.1) is 0 Å². The van der Waals surface area contributed by atoms with Gasteiger partial charge in [-0.25, -0.2) is 0 Å². The third-order valence-electron chi connectivity index (χ3n) is 4.56. The number of ether oxygens (including phenoxy) is 2. The summed E-state index contributed by atoms with van der Waals surface area (Å²) in [4.78, 5) is 0. The van der Waals surface area contributed by atoms with Gasteiger partial charge in [-0.3, -0.25) is 0 Å². The van der Waals surface area contributed by atoms with Gasteiger partial charge < -0.3 is 14.8 Å². The van der Waals surface area contributed by atoms with Crippen molar-refractivity contribution in [2.45, 2.75) is 45.6 Å². The Morgan fingerprint density at radius 2 is 1.85 bits per heavy atom. The minimum Gasteiger partial charge on any atom is -0.490 e. The minimum absolute atomic E-state index is 0.367. The van der Waals surface area contributed by atoms with Crippen LogP contribution in [-0.4, -0.2) is 20.3 Å². The first kappa shape index (κ1) is 13.7. The standard InChI is InChI=1S/C17H25NO2/c1-17(2)6-5-12-9-15-16(20-8-4-7-19-15)10-13(12)14(11-17)18-3/h9-10,14,18H,4-8,11H2,1-3H3. The maximum Gasteiger partial charge on any atom is 0.161 e. The van der Waals surface area contributed by atoms with Crippen LogP contribution in [0, 0.1) is 5.41 Å². The van der Waals surface area contributed by atoms with E-state index in [-0.39, 0.29) is 0 Å². The van der Waals surface area contributed by atoms with Crippen molar-refractivity contribution < 1.29 is 9.47 Å². The van der Waals surface area contributed by atoms with Crippen LogP contribution in [0.2, 0.25) is 0 Å². The molecule has 1 aromatic carbocycles. The second-order valence-electron chi connectivity index (χ2n) is 6.76. The summed E-state index contributed by atoms with van der Waals surface area (Å²) in [6.45, 7) is 6.23. The fourth-order valence-corrected chi connectivity index (χ4v) is 3.30. The number of nitrogens with one attached hydrogen (secondary N) is 1. The predicted molar refractivity (Wildman–Crippen MR) is 80.6 cm³/mol. The van der Waals surface area contributed by atoms with Crippen LogP contribution in [0.5, 0.6) is 11.5 Å². The monoisotopic (exact) mass is 275 g/mol. The summed E-state index contributed by atoms with van der Waals surface area (Å²) in [5.41, 5.74) is 3.17. The summed E-state index contributed by atoms with van der Waals surface area (Å²) in [5, 5.41) is 3.48. The summed E-state index contributed by atoms with van der Waals surface area (Å²) in [7, 11) is 2.05. The summed E-state index contributed by atoms with van der Waals surface area (Å²) < 4.78 is 11.7. The molecule has 1 N–H and O–H groups in total. The van der Waals surface area contributed by atoms with Crippen LogP contribution in [0.15, 0.2) is 12.1 Å². The molecule has 0 aromatic heterocycles. The molecule has 110 valence electrons. The van der Waals surface area contributed by atoms with Crippen molar-refractivity contribution in [2.75, 3.05) is 20.3 Å². The second kappa shape index (κ2) is 5.28. The van der Waals surface area contributed by atoms with Gasteiger partial charge in [0.2, 0.25) is 0 Å². The first-order valence-electron chi connectivity index (χ1n) is 7.69. The van der Waals surface area contributed by atoms with E-state index in [0.717, 1.165) is 44.0 Å². The lowest BCUT2D eigenvalue weighted by Gasteiger charge is -2.27. The van der Waals surface area contributed by atoms with E-state index in [1.165, 1.54) is 17.5 Å². The molecule has 3 rings (SSSR count). The summed E-state index contributed by atoms with van der Waals surface area (Å²) in [6.07, 6.45) is 4.47. The first-order chi connectivity index (χ1) is 9.59. The third-order valence-corrected chi connectivity index (χ3v) is 4.56. The number of hydrogen-bond donors (Lipinski definition) is 1. The topological polar surface area (TPSA) is 30.5 Å². The van der Waals surface area contributed by atoms with E-state index in [1.54, 1.807) is 0 Å². The molecular formula is C17H25NO2. The Kier molecular flexibility index (Phi) is 3.63. The Bertz CT molecular complexity index is 496. The summed E-state index contributed by atoms with van der Waals surface area (Å²) in [5.74, 6) is 1.84. The van der Waals surface area contributed by atoms with Crippen LogP contribution in [0.4, 0.5) is 0 Å². The Morgan fingerprint density at radius 1 is 1.15 bits per heavy atom. The van der Waals surface area contributed by atoms with Crippen molar-refractivity contribution in [1.82, 2.24) is 5.32 Å². The van der Waals surface area contributed by atoms with Gasteiger partial charge in [-0.1, -0.05) is 13.8 Å². The molecule has 0 fully saturated rings. The van der Waals surface area contributed by atoms with Gasteiger partial charge in [0.1, 0.15) is 0 Å². The molecular weight excluding hydrogens is 250 g/mol. The third kappa shape index (κ3) is 2.64. The molecule has 2 aliphatic rings. The summed E-state index contributed by atoms with van der Waals surface area (Å²) >= 11 is 0. The van der Waals surface area contributed by atoms with Gasteiger partial charge in [0.05, 0.1) is 13.2 Å². The van der Waals surface area contributed by atoms with Crippen LogP contribution in [0.25, 0.3) is 0 Å². The van der Waals surface area contributed by atoms with E-state index >= 15 is 0 Å². The van der Waals surface area contributed by atoms with Crippen molar-refractivity contribution >= 4 is 0 Å². The molecule has 1 unspecified atom stereocenters. The molecule has 0 radical (unpaired) electrons. The number of hydrogen-bond acceptors (Lipinski definition) is 3. The normalized spacial score (nSPS) is 24.4. The lowest BCUT2D eigenvalue weighted by atomic mass is 9.83. The molecule has 0 spiro atoms. The second-order valence-corrected chi connectivity index (χ2v) is 6.76. The Hall–Kier alpha value is -1.22. The number of fused-ring (bicyclic) bond motifs is 2. The highest BCUT2D eigenvalue weighted by molar-refractivity contribution is 5.49. The van der Waals surface area contributed by atoms with Crippen LogP contribution in [0.3, 0.4) is 0 Å². The molecule has 0 saturated carbocycles. The quantitative estimate of drug-likeness (QED) is 0.796. The zero-order valence-electron chi connectivity index (χ0n) is 12.8. The van der Waals surface area contributed by atoms with E-state index in [1.807, 2.05) is 0 Å². The van der Waals surface area contributed by atoms with E-state index in [0.29, 0.717) is 11.5 Å². The van der Waals surface area contributed by atoms with Crippen molar-refractivity contribution in [3.63, 3.8) is 0 Å². The van der Waals surface area contributed by atoms with Gasteiger partial charge in [0.25, 0.3) is 0 Å². The molecule has 1 aromatic rings. The maximum absolute atomic E-state index is 5.85. The fraction of sp³-hybridized carbons (Fsp3) is 0.647. The van der Waals surface area contributed by atoms with Crippen molar-refractivity contribution in [2.24, 2.45) is 5.41 Å². The largest absolute Gasteiger partial charge is 0.490 e. The van der Waals surface area contributed by atoms with Crippen LogP contribution >= 0.6 is 0 Å². The fourth-order valence-electron chi connectivity index (χ4n) is 3.30. The average Bonchev–Trinajstić information content (AvgIpc) is 2.72. The Morgan fingerprint density at radius 3 is 2.55 bits per heavy atom. The van der Waals surface area contributed by atoms with Crippen LogP contribution < -0.4 is 14.8 Å². The highest BCUT2D eigenvalue weighted by Crippen LogP contribution is 2.43. The SMILES string of the molecule is CNC1CC(C)(C)CCc2cc3c(cc21)OCCCO3. The van der Waals surface area contributed by atoms with Crippen LogP contribution in [-0.2, 0) is 6.42 Å². The van der Waals surface area contributed by atoms with Gasteiger partial charge >= 0.3 is 0 Å². The van der Waals surface area contributed by atoms with Crippen molar-refractivity contribution in [3.05, 3.63) is 23.3 Å². The zero-order valence-corrected chi connectivity index (χ0v) is 12.8. The van der Waals surface area contributed by atoms with Crippen LogP contribution in [0.1, 0.15) is 50.3 Å². The first-order valence-corrected chi connectivity index (χ1v) is 7.69. The van der Waals surface area contributed by atoms with Gasteiger partial charge in [0.15, 0.2) is 11.5 Å². The van der Waals surface area contributed by atoms with E-state index in [2.05, 4.69) is 38.3 Å². The van der Waals surface area contributed by atoms with Gasteiger partial charge in [-0.05, 0) is 55.0 Å². The molecule has 0 bridgehead atoms. The maximum atomic E-state index is 5.85. The number of rotatable bonds is 1. The lowest BCUT2D eigenvalue weighted by molar-refractivity contribution is 0.278. The highest BCUT2D eigenvalue weighted by atomic mass is 16.5. The van der Waals surface area contributed by atoms with E-state index in [9.17, 15) is 0 Å². The number of benzene rings is 1. The molecule has 0 saturated heterocycles. The molecule has 3 heteroatoms. The molecule has 1 atom stereocenters. The minimum atomic E-state index is 0.367. The van der Waals surface area contributed by atoms with Crippen molar-refractivity contribution in [1.29, 1.82) is 0 Å². The molecule has 1 aliphatic heterocycles. The molecule has 1 aliphatic carbocycles. The molecule has 3 nitrogen and oxygen atoms in total.